The maximum Gasteiger partial charge on any atom is 0.245 e. The van der Waals surface area contributed by atoms with Gasteiger partial charge in [0.15, 0.2) is 0 Å². The molecule has 2 aromatic rings. The third-order valence-corrected chi connectivity index (χ3v) is 2.60. The Morgan fingerprint density at radius 2 is 2.33 bits per heavy atom. The Hall–Kier alpha value is -1.70. The molecule has 96 valence electrons. The van der Waals surface area contributed by atoms with Crippen LogP contribution in [0.2, 0.25) is 0 Å². The molecule has 0 aliphatic heterocycles. The molecule has 18 heavy (non-hydrogen) atoms. The van der Waals surface area contributed by atoms with E-state index in [2.05, 4.69) is 43.1 Å². The van der Waals surface area contributed by atoms with E-state index in [1.165, 1.54) is 0 Å². The summed E-state index contributed by atoms with van der Waals surface area (Å²) in [7, 11) is 3.83. The monoisotopic (exact) mass is 311 g/mol. The lowest BCUT2D eigenvalue weighted by Crippen LogP contribution is -2.21. The van der Waals surface area contributed by atoms with Crippen molar-refractivity contribution in [1.82, 2.24) is 30.0 Å². The van der Waals surface area contributed by atoms with Crippen LogP contribution in [0.4, 0.5) is 5.95 Å². The van der Waals surface area contributed by atoms with E-state index in [9.17, 15) is 0 Å². The zero-order chi connectivity index (χ0) is 13.1. The number of nitrogens with zero attached hydrogens (tertiary/aromatic N) is 7. The van der Waals surface area contributed by atoms with Crippen molar-refractivity contribution in [2.24, 2.45) is 7.05 Å². The van der Waals surface area contributed by atoms with Gasteiger partial charge in [0.1, 0.15) is 0 Å². The Labute approximate surface area is 113 Å². The van der Waals surface area contributed by atoms with Gasteiger partial charge in [-0.3, -0.25) is 4.68 Å². The second kappa shape index (κ2) is 5.30. The lowest BCUT2D eigenvalue weighted by atomic mass is 10.3. The summed E-state index contributed by atoms with van der Waals surface area (Å²) in [5, 5.41) is 15.8. The summed E-state index contributed by atoms with van der Waals surface area (Å²) >= 11 is 3.31. The molecule has 0 saturated carbocycles. The summed E-state index contributed by atoms with van der Waals surface area (Å²) in [6.07, 6.45) is 3.79. The summed E-state index contributed by atoms with van der Waals surface area (Å²) in [4.78, 5) is 1.97. The molecule has 8 heteroatoms. The highest BCUT2D eigenvalue weighted by Crippen LogP contribution is 2.13. The minimum Gasteiger partial charge on any atom is -0.338 e. The average molecular weight is 312 g/mol. The number of allylic oxidation sites excluding steroid dienone is 1. The highest BCUT2D eigenvalue weighted by molar-refractivity contribution is 9.11. The highest BCUT2D eigenvalue weighted by atomic mass is 79.9. The number of tetrazole rings is 1. The van der Waals surface area contributed by atoms with Crippen LogP contribution in [0.1, 0.15) is 5.56 Å². The fraction of sp³-hybridized carbons (Fsp3) is 0.400. The van der Waals surface area contributed by atoms with Crippen molar-refractivity contribution in [2.75, 3.05) is 11.9 Å². The minimum absolute atomic E-state index is 0.541. The van der Waals surface area contributed by atoms with Crippen LogP contribution in [-0.2, 0) is 20.1 Å². The number of rotatable bonds is 5. The zero-order valence-corrected chi connectivity index (χ0v) is 11.9. The predicted octanol–water partition coefficient (Wildman–Crippen LogP) is 0.952. The third kappa shape index (κ3) is 2.95. The van der Waals surface area contributed by atoms with Crippen molar-refractivity contribution in [3.8, 4) is 0 Å². The first-order valence-corrected chi connectivity index (χ1v) is 6.13. The van der Waals surface area contributed by atoms with Gasteiger partial charge in [-0.1, -0.05) is 27.6 Å². The maximum absolute atomic E-state index is 4.13. The first-order chi connectivity index (χ1) is 8.56. The largest absolute Gasteiger partial charge is 0.338 e. The van der Waals surface area contributed by atoms with E-state index in [0.29, 0.717) is 19.0 Å². The molecule has 0 saturated heterocycles. The molecule has 0 aliphatic rings. The maximum atomic E-state index is 4.13. The molecule has 7 nitrogen and oxygen atoms in total. The van der Waals surface area contributed by atoms with Gasteiger partial charge in [-0.15, -0.1) is 0 Å². The molecule has 0 spiro atoms. The molecular formula is C10H14BrN7. The standard InChI is InChI=1S/C10H14BrN7/c1-8(11)5-18-10(13-14-15-18)16(2)6-9-4-12-17(3)7-9/h4,7H,1,5-6H2,2-3H3. The van der Waals surface area contributed by atoms with Crippen molar-refractivity contribution >= 4 is 21.9 Å². The Bertz CT molecular complexity index is 544. The molecule has 0 N–H and O–H groups in total. The number of aromatic nitrogens is 6. The fourth-order valence-electron chi connectivity index (χ4n) is 1.64. The van der Waals surface area contributed by atoms with Crippen LogP contribution in [0.25, 0.3) is 0 Å². The first kappa shape index (κ1) is 12.7. The quantitative estimate of drug-likeness (QED) is 0.822. The van der Waals surface area contributed by atoms with Gasteiger partial charge in [0.2, 0.25) is 5.95 Å². The van der Waals surface area contributed by atoms with E-state index in [4.69, 9.17) is 0 Å². The van der Waals surface area contributed by atoms with Crippen LogP contribution in [0, 0.1) is 0 Å². The Morgan fingerprint density at radius 3 is 2.94 bits per heavy atom. The normalized spacial score (nSPS) is 10.6. The van der Waals surface area contributed by atoms with Gasteiger partial charge in [0, 0.05) is 36.9 Å². The molecule has 0 bridgehead atoms. The van der Waals surface area contributed by atoms with Gasteiger partial charge in [-0.05, 0) is 10.4 Å². The lowest BCUT2D eigenvalue weighted by molar-refractivity contribution is 0.646. The van der Waals surface area contributed by atoms with Crippen LogP contribution in [0.3, 0.4) is 0 Å². The lowest BCUT2D eigenvalue weighted by Gasteiger charge is -2.16. The molecular weight excluding hydrogens is 298 g/mol. The minimum atomic E-state index is 0.541. The van der Waals surface area contributed by atoms with E-state index >= 15 is 0 Å². The molecule has 0 atom stereocenters. The average Bonchev–Trinajstić information content (AvgIpc) is 2.87. The van der Waals surface area contributed by atoms with Gasteiger partial charge in [0.25, 0.3) is 0 Å². The topological polar surface area (TPSA) is 64.7 Å². The van der Waals surface area contributed by atoms with Crippen molar-refractivity contribution in [1.29, 1.82) is 0 Å². The van der Waals surface area contributed by atoms with Crippen LogP contribution >= 0.6 is 15.9 Å². The molecule has 0 radical (unpaired) electrons. The SMILES string of the molecule is C=C(Br)Cn1nnnc1N(C)Cc1cnn(C)c1. The van der Waals surface area contributed by atoms with Gasteiger partial charge in [0.05, 0.1) is 12.7 Å². The number of halogens is 1. The smallest absolute Gasteiger partial charge is 0.245 e. The third-order valence-electron chi connectivity index (χ3n) is 2.35. The first-order valence-electron chi connectivity index (χ1n) is 5.34. The van der Waals surface area contributed by atoms with E-state index in [1.807, 2.05) is 31.4 Å². The molecule has 0 aliphatic carbocycles. The summed E-state index contributed by atoms with van der Waals surface area (Å²) < 4.78 is 4.28. The molecule has 0 fully saturated rings. The fourth-order valence-corrected chi connectivity index (χ4v) is 1.87. The van der Waals surface area contributed by atoms with Crippen molar-refractivity contribution < 1.29 is 0 Å². The number of hydrogen-bond acceptors (Lipinski definition) is 5. The molecule has 2 heterocycles. The highest BCUT2D eigenvalue weighted by Gasteiger charge is 2.12. The van der Waals surface area contributed by atoms with Crippen molar-refractivity contribution in [3.63, 3.8) is 0 Å². The summed E-state index contributed by atoms with van der Waals surface area (Å²) in [6.45, 7) is 5.02. The van der Waals surface area contributed by atoms with Gasteiger partial charge in [-0.2, -0.15) is 5.10 Å². The summed E-state index contributed by atoms with van der Waals surface area (Å²) in [5.41, 5.74) is 1.10. The van der Waals surface area contributed by atoms with E-state index < -0.39 is 0 Å². The van der Waals surface area contributed by atoms with Crippen molar-refractivity contribution in [2.45, 2.75) is 13.1 Å². The van der Waals surface area contributed by atoms with Crippen LogP contribution < -0.4 is 4.90 Å². The van der Waals surface area contributed by atoms with E-state index in [-0.39, 0.29) is 0 Å². The summed E-state index contributed by atoms with van der Waals surface area (Å²) in [5.74, 6) is 0.694. The second-order valence-corrected chi connectivity index (χ2v) is 5.15. The summed E-state index contributed by atoms with van der Waals surface area (Å²) in [6, 6.07) is 0. The van der Waals surface area contributed by atoms with Crippen LogP contribution in [-0.4, -0.2) is 37.0 Å². The predicted molar refractivity (Wildman–Crippen MR) is 71.2 cm³/mol. The van der Waals surface area contributed by atoms with Crippen LogP contribution in [0.5, 0.6) is 0 Å². The molecule has 2 aromatic heterocycles. The number of hydrogen-bond donors (Lipinski definition) is 0. The molecule has 2 rings (SSSR count). The van der Waals surface area contributed by atoms with E-state index in [1.54, 1.807) is 9.36 Å². The number of aryl methyl sites for hydroxylation is 1. The van der Waals surface area contributed by atoms with E-state index in [0.717, 1.165) is 10.0 Å². The molecule has 0 amide bonds. The Morgan fingerprint density at radius 1 is 1.56 bits per heavy atom. The van der Waals surface area contributed by atoms with Crippen molar-refractivity contribution in [3.05, 3.63) is 29.0 Å². The molecule has 0 aromatic carbocycles. The Balaban J connectivity index is 2.11. The number of anilines is 1. The van der Waals surface area contributed by atoms with Gasteiger partial charge in [-0.25, -0.2) is 4.68 Å². The second-order valence-electron chi connectivity index (χ2n) is 4.03. The zero-order valence-electron chi connectivity index (χ0n) is 10.3. The van der Waals surface area contributed by atoms with Gasteiger partial charge >= 0.3 is 0 Å². The Kier molecular flexibility index (Phi) is 3.75. The molecule has 0 unspecified atom stereocenters. The van der Waals surface area contributed by atoms with Crippen LogP contribution in [0.15, 0.2) is 23.5 Å². The van der Waals surface area contributed by atoms with Gasteiger partial charge < -0.3 is 4.90 Å².